The molecule has 18 heavy (non-hydrogen) atoms. The molecule has 0 atom stereocenters. The third-order valence-electron chi connectivity index (χ3n) is 2.31. The first-order valence-electron chi connectivity index (χ1n) is 5.18. The lowest BCUT2D eigenvalue weighted by Crippen LogP contribution is -2.07. The number of aromatic nitrogens is 6. The molecule has 3 aromatic heterocycles. The maximum Gasteiger partial charge on any atom is 0.255 e. The minimum atomic E-state index is 0.362. The molecule has 0 radical (unpaired) electrons. The van der Waals surface area contributed by atoms with Crippen molar-refractivity contribution in [3.63, 3.8) is 0 Å². The number of hydrogen-bond donors (Lipinski definition) is 1. The lowest BCUT2D eigenvalue weighted by atomic mass is 10.4. The molecule has 0 bridgehead atoms. The highest BCUT2D eigenvalue weighted by atomic mass is 35.5. The highest BCUT2D eigenvalue weighted by Gasteiger charge is 2.06. The van der Waals surface area contributed by atoms with Crippen LogP contribution in [-0.2, 0) is 6.54 Å². The molecule has 0 aliphatic rings. The Balaban J connectivity index is 1.88. The summed E-state index contributed by atoms with van der Waals surface area (Å²) in [5.74, 6) is 1.16. The van der Waals surface area contributed by atoms with Gasteiger partial charge in [0.15, 0.2) is 0 Å². The fourth-order valence-electron chi connectivity index (χ4n) is 1.51. The van der Waals surface area contributed by atoms with Crippen LogP contribution >= 0.6 is 11.6 Å². The van der Waals surface area contributed by atoms with Gasteiger partial charge in [-0.25, -0.2) is 9.97 Å². The molecule has 7 nitrogen and oxygen atoms in total. The Hall–Kier alpha value is -2.28. The quantitative estimate of drug-likeness (QED) is 0.713. The van der Waals surface area contributed by atoms with E-state index in [-0.39, 0.29) is 0 Å². The van der Waals surface area contributed by atoms with Crippen LogP contribution in [-0.4, -0.2) is 29.5 Å². The van der Waals surface area contributed by atoms with E-state index in [1.165, 1.54) is 12.7 Å². The van der Waals surface area contributed by atoms with E-state index in [1.807, 2.05) is 6.07 Å². The standard InChI is InChI=1S/C10H8ClN7/c11-8-3-9(18-10(17-8)15-6-16-18)13-4-7-1-2-12-5-14-7/h1-3,5-6,13H,4H2. The molecule has 0 saturated carbocycles. The molecule has 3 rings (SSSR count). The first-order valence-corrected chi connectivity index (χ1v) is 5.56. The summed E-state index contributed by atoms with van der Waals surface area (Å²) in [6.45, 7) is 0.540. The third kappa shape index (κ3) is 2.07. The van der Waals surface area contributed by atoms with Crippen LogP contribution in [0, 0.1) is 0 Å². The van der Waals surface area contributed by atoms with Crippen molar-refractivity contribution in [1.82, 2.24) is 29.5 Å². The number of hydrogen-bond acceptors (Lipinski definition) is 6. The number of rotatable bonds is 3. The molecule has 0 fully saturated rings. The number of anilines is 1. The van der Waals surface area contributed by atoms with Crippen molar-refractivity contribution in [3.8, 4) is 0 Å². The Morgan fingerprint density at radius 2 is 2.22 bits per heavy atom. The molecule has 0 unspecified atom stereocenters. The van der Waals surface area contributed by atoms with Gasteiger partial charge < -0.3 is 5.32 Å². The maximum absolute atomic E-state index is 5.90. The Labute approximate surface area is 107 Å². The predicted octanol–water partition coefficient (Wildman–Crippen LogP) is 1.18. The first kappa shape index (κ1) is 10.8. The molecule has 0 aliphatic heterocycles. The molecule has 0 aromatic carbocycles. The van der Waals surface area contributed by atoms with Crippen molar-refractivity contribution < 1.29 is 0 Å². The summed E-state index contributed by atoms with van der Waals surface area (Å²) in [4.78, 5) is 16.0. The van der Waals surface area contributed by atoms with Crippen LogP contribution in [0.2, 0.25) is 5.15 Å². The van der Waals surface area contributed by atoms with E-state index in [4.69, 9.17) is 11.6 Å². The summed E-state index contributed by atoms with van der Waals surface area (Å²) in [7, 11) is 0. The normalized spacial score (nSPS) is 10.7. The van der Waals surface area contributed by atoms with E-state index in [9.17, 15) is 0 Å². The van der Waals surface area contributed by atoms with Crippen LogP contribution in [0.3, 0.4) is 0 Å². The Bertz CT molecular complexity index is 666. The van der Waals surface area contributed by atoms with Gasteiger partial charge in [0.25, 0.3) is 5.78 Å². The summed E-state index contributed by atoms with van der Waals surface area (Å²) in [6, 6.07) is 3.51. The second-order valence-corrected chi connectivity index (χ2v) is 3.88. The van der Waals surface area contributed by atoms with Crippen LogP contribution < -0.4 is 5.32 Å². The van der Waals surface area contributed by atoms with E-state index in [2.05, 4.69) is 30.4 Å². The molecule has 90 valence electrons. The summed E-state index contributed by atoms with van der Waals surface area (Å²) < 4.78 is 1.58. The summed E-state index contributed by atoms with van der Waals surface area (Å²) >= 11 is 5.90. The lowest BCUT2D eigenvalue weighted by molar-refractivity contribution is 0.912. The van der Waals surface area contributed by atoms with Gasteiger partial charge in [-0.2, -0.15) is 19.6 Å². The van der Waals surface area contributed by atoms with Gasteiger partial charge >= 0.3 is 0 Å². The van der Waals surface area contributed by atoms with Gasteiger partial charge in [0.2, 0.25) is 0 Å². The summed E-state index contributed by atoms with van der Waals surface area (Å²) in [5, 5.41) is 7.60. The second-order valence-electron chi connectivity index (χ2n) is 3.49. The molecular formula is C10H8ClN7. The number of fused-ring (bicyclic) bond motifs is 1. The van der Waals surface area contributed by atoms with Gasteiger partial charge in [0, 0.05) is 12.3 Å². The number of halogens is 1. The molecule has 0 amide bonds. The molecule has 0 aliphatic carbocycles. The highest BCUT2D eigenvalue weighted by molar-refractivity contribution is 6.29. The maximum atomic E-state index is 5.90. The van der Waals surface area contributed by atoms with E-state index in [0.717, 1.165) is 5.69 Å². The Morgan fingerprint density at radius 1 is 1.28 bits per heavy atom. The topological polar surface area (TPSA) is 80.9 Å². The molecule has 1 N–H and O–H groups in total. The summed E-state index contributed by atoms with van der Waals surface area (Å²) in [5.41, 5.74) is 0.867. The van der Waals surface area contributed by atoms with Gasteiger partial charge in [-0.1, -0.05) is 11.6 Å². The molecule has 8 heteroatoms. The lowest BCUT2D eigenvalue weighted by Gasteiger charge is -2.07. The van der Waals surface area contributed by atoms with Gasteiger partial charge in [-0.15, -0.1) is 0 Å². The fourth-order valence-corrected chi connectivity index (χ4v) is 1.69. The molecule has 3 heterocycles. The largest absolute Gasteiger partial charge is 0.364 e. The van der Waals surface area contributed by atoms with Gasteiger partial charge in [-0.05, 0) is 6.07 Å². The highest BCUT2D eigenvalue weighted by Crippen LogP contribution is 2.14. The number of nitrogens with zero attached hydrogens (tertiary/aromatic N) is 6. The van der Waals surface area contributed by atoms with Crippen molar-refractivity contribution in [3.05, 3.63) is 41.8 Å². The van der Waals surface area contributed by atoms with E-state index in [0.29, 0.717) is 23.3 Å². The zero-order valence-electron chi connectivity index (χ0n) is 9.16. The Morgan fingerprint density at radius 3 is 3.06 bits per heavy atom. The molecule has 0 spiro atoms. The van der Waals surface area contributed by atoms with Gasteiger partial charge in [-0.3, -0.25) is 0 Å². The van der Waals surface area contributed by atoms with Crippen molar-refractivity contribution >= 4 is 23.2 Å². The molecule has 0 saturated heterocycles. The van der Waals surface area contributed by atoms with Crippen LogP contribution in [0.15, 0.2) is 31.0 Å². The SMILES string of the molecule is Clc1cc(NCc2ccncn2)n2ncnc2n1. The van der Waals surface area contributed by atoms with E-state index >= 15 is 0 Å². The smallest absolute Gasteiger partial charge is 0.255 e. The van der Waals surface area contributed by atoms with Crippen molar-refractivity contribution in [1.29, 1.82) is 0 Å². The van der Waals surface area contributed by atoms with Crippen molar-refractivity contribution in [2.45, 2.75) is 6.54 Å². The van der Waals surface area contributed by atoms with Crippen LogP contribution in [0.25, 0.3) is 5.78 Å². The minimum absolute atomic E-state index is 0.362. The molecular weight excluding hydrogens is 254 g/mol. The average molecular weight is 262 g/mol. The van der Waals surface area contributed by atoms with Crippen molar-refractivity contribution in [2.24, 2.45) is 0 Å². The second kappa shape index (κ2) is 4.53. The third-order valence-corrected chi connectivity index (χ3v) is 2.51. The van der Waals surface area contributed by atoms with Crippen LogP contribution in [0.1, 0.15) is 5.69 Å². The van der Waals surface area contributed by atoms with Gasteiger partial charge in [0.1, 0.15) is 23.6 Å². The van der Waals surface area contributed by atoms with E-state index in [1.54, 1.807) is 16.8 Å². The van der Waals surface area contributed by atoms with Gasteiger partial charge in [0.05, 0.1) is 12.2 Å². The zero-order valence-corrected chi connectivity index (χ0v) is 9.91. The van der Waals surface area contributed by atoms with Crippen molar-refractivity contribution in [2.75, 3.05) is 5.32 Å². The van der Waals surface area contributed by atoms with Crippen LogP contribution in [0.5, 0.6) is 0 Å². The fraction of sp³-hybridized carbons (Fsp3) is 0.100. The van der Waals surface area contributed by atoms with Crippen LogP contribution in [0.4, 0.5) is 5.82 Å². The number of nitrogens with one attached hydrogen (secondary N) is 1. The molecule has 3 aromatic rings. The first-order chi connectivity index (χ1) is 8.83. The predicted molar refractivity (Wildman–Crippen MR) is 65.2 cm³/mol. The van der Waals surface area contributed by atoms with E-state index < -0.39 is 0 Å². The summed E-state index contributed by atoms with van der Waals surface area (Å²) in [6.07, 6.45) is 4.62. The minimum Gasteiger partial charge on any atom is -0.364 e. The average Bonchev–Trinajstić information content (AvgIpc) is 2.85. The Kier molecular flexibility index (Phi) is 2.73. The monoisotopic (exact) mass is 261 g/mol. The zero-order chi connectivity index (χ0) is 12.4.